The van der Waals surface area contributed by atoms with Gasteiger partial charge in [0.1, 0.15) is 23.0 Å². The molecule has 2 N–H and O–H groups in total. The van der Waals surface area contributed by atoms with E-state index in [4.69, 9.17) is 19.9 Å². The molecule has 1 aliphatic rings. The number of amides is 1. The molecule has 0 bridgehead atoms. The molecule has 0 aliphatic carbocycles. The maximum atomic E-state index is 11.7. The van der Waals surface area contributed by atoms with E-state index < -0.39 is 11.3 Å². The summed E-state index contributed by atoms with van der Waals surface area (Å²) in [6.45, 7) is 8.36. The second-order valence-electron chi connectivity index (χ2n) is 6.84. The smallest absolute Gasteiger partial charge is 0.290 e. The molecule has 0 fully saturated rings. The maximum absolute atomic E-state index is 11.7. The largest absolute Gasteiger partial charge is 0.496 e. The summed E-state index contributed by atoms with van der Waals surface area (Å²) in [4.78, 5) is 22.4. The van der Waals surface area contributed by atoms with Crippen LogP contribution in [0, 0.1) is 4.91 Å². The van der Waals surface area contributed by atoms with Crippen LogP contribution in [0.25, 0.3) is 0 Å². The third-order valence-corrected chi connectivity index (χ3v) is 5.06. The molecule has 0 atom stereocenters. The Balaban J connectivity index is 0.00000145. The topological polar surface area (TPSA) is 100 Å². The Kier molecular flexibility index (Phi) is 6.97. The molecule has 0 radical (unpaired) electrons. The van der Waals surface area contributed by atoms with E-state index in [0.29, 0.717) is 28.6 Å². The van der Waals surface area contributed by atoms with Crippen LogP contribution in [0.5, 0.6) is 23.0 Å². The number of carbonyl (C=O) groups excluding carboxylic acids is 1. The van der Waals surface area contributed by atoms with Crippen LogP contribution in [0.1, 0.15) is 49.9 Å². The number of ether oxygens (including phenoxy) is 3. The predicted octanol–water partition coefficient (Wildman–Crippen LogP) is 4.46. The van der Waals surface area contributed by atoms with Crippen LogP contribution >= 0.6 is 0 Å². The summed E-state index contributed by atoms with van der Waals surface area (Å²) in [6.07, 6.45) is -0.205. The van der Waals surface area contributed by atoms with Gasteiger partial charge in [-0.1, -0.05) is 39.8 Å². The van der Waals surface area contributed by atoms with Crippen LogP contribution in [0.2, 0.25) is 0 Å². The van der Waals surface area contributed by atoms with E-state index >= 15 is 0 Å². The van der Waals surface area contributed by atoms with Crippen LogP contribution in [-0.2, 0) is 23.2 Å². The van der Waals surface area contributed by atoms with E-state index in [9.17, 15) is 9.70 Å². The molecule has 1 amide bonds. The van der Waals surface area contributed by atoms with Crippen LogP contribution in [0.3, 0.4) is 0 Å². The van der Waals surface area contributed by atoms with Gasteiger partial charge in [-0.3, -0.25) is 4.79 Å². The first kappa shape index (κ1) is 22.4. The van der Waals surface area contributed by atoms with Gasteiger partial charge in [-0.25, -0.2) is 0 Å². The zero-order chi connectivity index (χ0) is 21.8. The summed E-state index contributed by atoms with van der Waals surface area (Å²) >= 11 is 0. The van der Waals surface area contributed by atoms with Crippen molar-refractivity contribution in [3.63, 3.8) is 0 Å². The van der Waals surface area contributed by atoms with Gasteiger partial charge in [0.15, 0.2) is 0 Å². The number of rotatable bonds is 5. The van der Waals surface area contributed by atoms with Gasteiger partial charge in [-0.2, -0.15) is 0 Å². The highest BCUT2D eigenvalue weighted by atomic mass is 16.5. The molecule has 7 heteroatoms. The molecule has 3 rings (SSSR count). The van der Waals surface area contributed by atoms with Crippen molar-refractivity contribution >= 4 is 5.91 Å². The normalized spacial score (nSPS) is 13.1. The minimum absolute atomic E-state index is 0.205. The zero-order valence-electron chi connectivity index (χ0n) is 17.8. The Labute approximate surface area is 171 Å². The number of fused-ring (bicyclic) bond motifs is 2. The van der Waals surface area contributed by atoms with Gasteiger partial charge in [0, 0.05) is 33.8 Å². The second kappa shape index (κ2) is 9.05. The van der Waals surface area contributed by atoms with Crippen LogP contribution in [0.4, 0.5) is 0 Å². The summed E-state index contributed by atoms with van der Waals surface area (Å²) in [6, 6.07) is 7.52. The molecule has 0 unspecified atom stereocenters. The Morgan fingerprint density at radius 2 is 1.48 bits per heavy atom. The van der Waals surface area contributed by atoms with E-state index in [1.807, 2.05) is 32.0 Å². The van der Waals surface area contributed by atoms with Gasteiger partial charge < -0.3 is 19.9 Å². The lowest BCUT2D eigenvalue weighted by atomic mass is 9.74. The number of methoxy groups -OCH3 is 2. The molecule has 2 aromatic carbocycles. The van der Waals surface area contributed by atoms with Crippen LogP contribution in [0.15, 0.2) is 29.4 Å². The molecule has 156 valence electrons. The fourth-order valence-electron chi connectivity index (χ4n) is 3.61. The molecule has 0 saturated carbocycles. The number of benzene rings is 2. The molecular weight excluding hydrogens is 372 g/mol. The summed E-state index contributed by atoms with van der Waals surface area (Å²) in [5, 5.41) is 2.51. The fourth-order valence-corrected chi connectivity index (χ4v) is 3.61. The van der Waals surface area contributed by atoms with Crippen LogP contribution in [-0.4, -0.2) is 20.1 Å². The van der Waals surface area contributed by atoms with Crippen molar-refractivity contribution in [2.45, 2.75) is 46.1 Å². The van der Waals surface area contributed by atoms with E-state index in [1.165, 1.54) is 7.11 Å². The molecule has 0 aromatic heterocycles. The van der Waals surface area contributed by atoms with Gasteiger partial charge in [0.25, 0.3) is 5.91 Å². The Morgan fingerprint density at radius 3 is 1.93 bits per heavy atom. The summed E-state index contributed by atoms with van der Waals surface area (Å²) in [7, 11) is 3.08. The predicted molar refractivity (Wildman–Crippen MR) is 112 cm³/mol. The average Bonchev–Trinajstić information content (AvgIpc) is 2.74. The van der Waals surface area contributed by atoms with Gasteiger partial charge in [-0.15, -0.1) is 4.91 Å². The molecule has 1 heterocycles. The van der Waals surface area contributed by atoms with Crippen molar-refractivity contribution in [1.82, 2.24) is 0 Å². The lowest BCUT2D eigenvalue weighted by Gasteiger charge is -2.37. The van der Waals surface area contributed by atoms with Gasteiger partial charge in [0.05, 0.1) is 26.2 Å². The summed E-state index contributed by atoms with van der Waals surface area (Å²) in [5.74, 6) is 1.40. The van der Waals surface area contributed by atoms with Crippen molar-refractivity contribution < 1.29 is 19.0 Å². The lowest BCUT2D eigenvalue weighted by Crippen LogP contribution is -2.26. The highest BCUT2D eigenvalue weighted by Gasteiger charge is 2.38. The number of nitroso groups, excluding NO2 is 1. The third-order valence-electron chi connectivity index (χ3n) is 5.06. The molecule has 1 aliphatic heterocycles. The number of nitrogens with two attached hydrogens (primary N) is 1. The monoisotopic (exact) mass is 400 g/mol. The fraction of sp³-hybridized carbons (Fsp3) is 0.409. The molecule has 29 heavy (non-hydrogen) atoms. The number of carbonyl (C=O) groups is 1. The van der Waals surface area contributed by atoms with Gasteiger partial charge in [0.2, 0.25) is 0 Å². The third kappa shape index (κ3) is 3.82. The number of hydrogen-bond donors (Lipinski definition) is 1. The van der Waals surface area contributed by atoms with Crippen molar-refractivity contribution in [3.05, 3.63) is 51.4 Å². The van der Waals surface area contributed by atoms with Crippen molar-refractivity contribution in [3.8, 4) is 23.0 Å². The average molecular weight is 400 g/mol. The lowest BCUT2D eigenvalue weighted by molar-refractivity contribution is -0.117. The first-order valence-corrected chi connectivity index (χ1v) is 9.53. The minimum Gasteiger partial charge on any atom is -0.496 e. The standard InChI is InChI=1S/C20H22N2O5.C2H6/c1-20(2)13-5-7-15(25-3)11(9-17(23)22-24)18(13)27-19-12(10-21)16(26-4)8-6-14(19)20;1-2/h5-8H,9-10,21H2,1-4H3;1-2H3. The van der Waals surface area contributed by atoms with Crippen molar-refractivity contribution in [2.75, 3.05) is 14.2 Å². The van der Waals surface area contributed by atoms with E-state index in [-0.39, 0.29) is 13.0 Å². The number of nitrogens with zero attached hydrogens (tertiary/aromatic N) is 1. The highest BCUT2D eigenvalue weighted by molar-refractivity contribution is 5.82. The van der Waals surface area contributed by atoms with E-state index in [1.54, 1.807) is 13.2 Å². The molecule has 2 aromatic rings. The SMILES string of the molecule is CC.COc1ccc2c(c1CN)Oc1c(ccc(OC)c1CC(=O)N=O)C2(C)C. The Morgan fingerprint density at radius 1 is 1.00 bits per heavy atom. The Bertz CT molecular complexity index is 922. The van der Waals surface area contributed by atoms with Crippen LogP contribution < -0.4 is 19.9 Å². The minimum atomic E-state index is -0.793. The summed E-state index contributed by atoms with van der Waals surface area (Å²) in [5.41, 5.74) is 8.62. The molecule has 7 nitrogen and oxygen atoms in total. The van der Waals surface area contributed by atoms with Crippen molar-refractivity contribution in [2.24, 2.45) is 10.9 Å². The van der Waals surface area contributed by atoms with E-state index in [2.05, 4.69) is 19.0 Å². The van der Waals surface area contributed by atoms with Crippen molar-refractivity contribution in [1.29, 1.82) is 0 Å². The van der Waals surface area contributed by atoms with Gasteiger partial charge >= 0.3 is 0 Å². The maximum Gasteiger partial charge on any atom is 0.290 e. The molecule has 0 spiro atoms. The second-order valence-corrected chi connectivity index (χ2v) is 6.84. The quantitative estimate of drug-likeness (QED) is 0.744. The van der Waals surface area contributed by atoms with Gasteiger partial charge in [-0.05, 0) is 12.1 Å². The summed E-state index contributed by atoms with van der Waals surface area (Å²) < 4.78 is 17.1. The first-order chi connectivity index (χ1) is 13.9. The molecule has 0 saturated heterocycles. The number of hydrogen-bond acceptors (Lipinski definition) is 6. The van der Waals surface area contributed by atoms with E-state index in [0.717, 1.165) is 16.7 Å². The molecular formula is C22H28N2O5. The Hall–Kier alpha value is -2.93. The zero-order valence-corrected chi connectivity index (χ0v) is 17.8. The first-order valence-electron chi connectivity index (χ1n) is 9.53. The highest BCUT2D eigenvalue weighted by Crippen LogP contribution is 2.53.